The van der Waals surface area contributed by atoms with E-state index in [2.05, 4.69) is 15.3 Å². The third-order valence-electron chi connectivity index (χ3n) is 4.48. The number of methoxy groups -OCH3 is 1. The number of rotatable bonds is 5. The first kappa shape index (κ1) is 16.8. The number of halogens is 1. The van der Waals surface area contributed by atoms with Crippen molar-refractivity contribution >= 4 is 39.1 Å². The molecule has 2 aromatic rings. The van der Waals surface area contributed by atoms with Crippen LogP contribution in [0.3, 0.4) is 0 Å². The molecule has 0 saturated heterocycles. The monoisotopic (exact) mass is 375 g/mol. The molecule has 1 saturated carbocycles. The number of ether oxygens (including phenoxy) is 1. The average Bonchev–Trinajstić information content (AvgIpc) is 3.36. The lowest BCUT2D eigenvalue weighted by Crippen LogP contribution is -2.13. The molecule has 0 aliphatic heterocycles. The molecule has 136 valence electrons. The van der Waals surface area contributed by atoms with Gasteiger partial charge < -0.3 is 21.5 Å². The maximum Gasteiger partial charge on any atom is 0.260 e. The van der Waals surface area contributed by atoms with Crippen molar-refractivity contribution in [2.24, 2.45) is 5.73 Å². The van der Waals surface area contributed by atoms with Crippen molar-refractivity contribution in [2.45, 2.75) is 31.2 Å². The SMILES string of the molecule is COC1=C(F)C(c2nc(NC3CC3)nc3sc(C(N)=O)c(N)c23)CC=C1. The fraction of sp³-hybridized carbons (Fsp3) is 0.353. The summed E-state index contributed by atoms with van der Waals surface area (Å²) in [7, 11) is 1.42. The molecule has 2 aromatic heterocycles. The van der Waals surface area contributed by atoms with E-state index in [0.29, 0.717) is 34.3 Å². The number of carbonyl (C=O) groups is 1. The van der Waals surface area contributed by atoms with Crippen molar-refractivity contribution in [3.8, 4) is 0 Å². The molecule has 9 heteroatoms. The summed E-state index contributed by atoms with van der Waals surface area (Å²) in [6.45, 7) is 0. The second-order valence-corrected chi connectivity index (χ2v) is 7.35. The van der Waals surface area contributed by atoms with Crippen molar-refractivity contribution in [3.63, 3.8) is 0 Å². The number of nitrogen functional groups attached to an aromatic ring is 1. The summed E-state index contributed by atoms with van der Waals surface area (Å²) >= 11 is 1.10. The molecule has 0 aromatic carbocycles. The third kappa shape index (κ3) is 2.78. The smallest absolute Gasteiger partial charge is 0.260 e. The van der Waals surface area contributed by atoms with Gasteiger partial charge in [-0.05, 0) is 25.3 Å². The molecular formula is C17H18FN5O2S. The minimum Gasteiger partial charge on any atom is -0.494 e. The first-order valence-corrected chi connectivity index (χ1v) is 9.07. The van der Waals surface area contributed by atoms with E-state index in [-0.39, 0.29) is 16.3 Å². The third-order valence-corrected chi connectivity index (χ3v) is 5.60. The zero-order valence-corrected chi connectivity index (χ0v) is 14.9. The van der Waals surface area contributed by atoms with E-state index in [4.69, 9.17) is 16.2 Å². The van der Waals surface area contributed by atoms with Crippen molar-refractivity contribution in [3.05, 3.63) is 34.3 Å². The van der Waals surface area contributed by atoms with Gasteiger partial charge in [0, 0.05) is 6.04 Å². The van der Waals surface area contributed by atoms with Gasteiger partial charge in [0.2, 0.25) is 5.95 Å². The number of primary amides is 1. The van der Waals surface area contributed by atoms with E-state index in [0.717, 1.165) is 24.2 Å². The second-order valence-electron chi connectivity index (χ2n) is 6.35. The zero-order chi connectivity index (χ0) is 18.4. The van der Waals surface area contributed by atoms with Gasteiger partial charge in [-0.15, -0.1) is 11.3 Å². The molecule has 4 rings (SSSR count). The first-order chi connectivity index (χ1) is 12.5. The molecular weight excluding hydrogens is 357 g/mol. The number of amides is 1. The Morgan fingerprint density at radius 2 is 2.19 bits per heavy atom. The molecule has 0 spiro atoms. The lowest BCUT2D eigenvalue weighted by Gasteiger charge is -2.20. The minimum absolute atomic E-state index is 0.161. The number of fused-ring (bicyclic) bond motifs is 1. The van der Waals surface area contributed by atoms with Crippen molar-refractivity contribution in [1.82, 2.24) is 9.97 Å². The normalized spacial score (nSPS) is 19.8. The number of hydrogen-bond donors (Lipinski definition) is 3. The van der Waals surface area contributed by atoms with Gasteiger partial charge in [-0.3, -0.25) is 4.79 Å². The topological polar surface area (TPSA) is 116 Å². The Balaban J connectivity index is 1.92. The van der Waals surface area contributed by atoms with Gasteiger partial charge >= 0.3 is 0 Å². The number of nitrogens with one attached hydrogen (secondary N) is 1. The number of nitrogens with zero attached hydrogens (tertiary/aromatic N) is 2. The first-order valence-electron chi connectivity index (χ1n) is 8.26. The standard InChI is InChI=1S/C17H18FN5O2S/c1-25-9-4-2-3-8(11(9)18)13-10-12(19)14(15(20)24)26-16(10)23-17(22-13)21-7-5-6-7/h2,4,7-8H,3,5-6,19H2,1H3,(H2,20,24)(H,21,22,23). The van der Waals surface area contributed by atoms with E-state index in [1.54, 1.807) is 6.08 Å². The van der Waals surface area contributed by atoms with Gasteiger partial charge in [0.15, 0.2) is 11.6 Å². The lowest BCUT2D eigenvalue weighted by molar-refractivity contribution is 0.100. The largest absolute Gasteiger partial charge is 0.494 e. The highest BCUT2D eigenvalue weighted by Gasteiger charge is 2.31. The molecule has 2 aliphatic carbocycles. The number of thiophene rings is 1. The van der Waals surface area contributed by atoms with Gasteiger partial charge in [0.05, 0.1) is 29.8 Å². The zero-order valence-electron chi connectivity index (χ0n) is 14.1. The number of nitrogens with two attached hydrogens (primary N) is 2. The maximum atomic E-state index is 14.9. The predicted molar refractivity (Wildman–Crippen MR) is 98.6 cm³/mol. The van der Waals surface area contributed by atoms with Crippen LogP contribution in [0.4, 0.5) is 16.0 Å². The van der Waals surface area contributed by atoms with E-state index in [1.807, 2.05) is 6.08 Å². The maximum absolute atomic E-state index is 14.9. The van der Waals surface area contributed by atoms with Gasteiger partial charge in [-0.25, -0.2) is 14.4 Å². The summed E-state index contributed by atoms with van der Waals surface area (Å²) in [6.07, 6.45) is 5.93. The van der Waals surface area contributed by atoms with Crippen molar-refractivity contribution < 1.29 is 13.9 Å². The Morgan fingerprint density at radius 3 is 2.85 bits per heavy atom. The average molecular weight is 375 g/mol. The van der Waals surface area contributed by atoms with Crippen LogP contribution in [0.1, 0.15) is 40.5 Å². The summed E-state index contributed by atoms with van der Waals surface area (Å²) in [6, 6.07) is 0.328. The van der Waals surface area contributed by atoms with Crippen LogP contribution in [-0.2, 0) is 4.74 Å². The van der Waals surface area contributed by atoms with Gasteiger partial charge in [-0.1, -0.05) is 6.08 Å². The van der Waals surface area contributed by atoms with Crippen LogP contribution in [-0.4, -0.2) is 29.0 Å². The van der Waals surface area contributed by atoms with Crippen LogP contribution in [0.15, 0.2) is 23.7 Å². The molecule has 0 bridgehead atoms. The molecule has 5 N–H and O–H groups in total. The van der Waals surface area contributed by atoms with Crippen molar-refractivity contribution in [1.29, 1.82) is 0 Å². The van der Waals surface area contributed by atoms with Crippen LogP contribution >= 0.6 is 11.3 Å². The summed E-state index contributed by atoms with van der Waals surface area (Å²) in [5, 5.41) is 3.71. The molecule has 1 unspecified atom stereocenters. The Hall–Kier alpha value is -2.68. The minimum atomic E-state index is -0.655. The van der Waals surface area contributed by atoms with Crippen LogP contribution in [0, 0.1) is 0 Å². The second kappa shape index (κ2) is 6.24. The Bertz CT molecular complexity index is 964. The van der Waals surface area contributed by atoms with Crippen LogP contribution < -0.4 is 16.8 Å². The van der Waals surface area contributed by atoms with Crippen LogP contribution in [0.25, 0.3) is 10.2 Å². The Labute approximate surface area is 152 Å². The highest BCUT2D eigenvalue weighted by atomic mass is 32.1. The Morgan fingerprint density at radius 1 is 1.42 bits per heavy atom. The van der Waals surface area contributed by atoms with E-state index >= 15 is 0 Å². The summed E-state index contributed by atoms with van der Waals surface area (Å²) < 4.78 is 20.0. The van der Waals surface area contributed by atoms with Crippen LogP contribution in [0.5, 0.6) is 0 Å². The summed E-state index contributed by atoms with van der Waals surface area (Å²) in [5.41, 5.74) is 12.2. The quantitative estimate of drug-likeness (QED) is 0.740. The highest BCUT2D eigenvalue weighted by Crippen LogP contribution is 2.43. The molecule has 1 fully saturated rings. The number of allylic oxidation sites excluding steroid dienone is 3. The van der Waals surface area contributed by atoms with Gasteiger partial charge in [0.25, 0.3) is 5.91 Å². The summed E-state index contributed by atoms with van der Waals surface area (Å²) in [4.78, 5) is 21.4. The molecule has 2 aliphatic rings. The molecule has 0 radical (unpaired) electrons. The molecule has 26 heavy (non-hydrogen) atoms. The summed E-state index contributed by atoms with van der Waals surface area (Å²) in [5.74, 6) is -1.14. The van der Waals surface area contributed by atoms with Crippen molar-refractivity contribution in [2.75, 3.05) is 18.2 Å². The van der Waals surface area contributed by atoms with E-state index < -0.39 is 17.7 Å². The molecule has 7 nitrogen and oxygen atoms in total. The number of carbonyl (C=O) groups excluding carboxylic acids is 1. The molecule has 1 atom stereocenters. The highest BCUT2D eigenvalue weighted by molar-refractivity contribution is 7.21. The lowest BCUT2D eigenvalue weighted by atomic mass is 9.92. The van der Waals surface area contributed by atoms with E-state index in [9.17, 15) is 9.18 Å². The van der Waals surface area contributed by atoms with Gasteiger partial charge in [0.1, 0.15) is 9.71 Å². The fourth-order valence-corrected chi connectivity index (χ4v) is 3.98. The van der Waals surface area contributed by atoms with Crippen LogP contribution in [0.2, 0.25) is 0 Å². The Kier molecular flexibility index (Phi) is 4.03. The number of hydrogen-bond acceptors (Lipinski definition) is 7. The molecule has 1 amide bonds. The predicted octanol–water partition coefficient (Wildman–Crippen LogP) is 2.82. The van der Waals surface area contributed by atoms with E-state index in [1.165, 1.54) is 7.11 Å². The number of anilines is 2. The fourth-order valence-electron chi connectivity index (χ4n) is 3.02. The van der Waals surface area contributed by atoms with Gasteiger partial charge in [-0.2, -0.15) is 0 Å². The number of aromatic nitrogens is 2. The molecule has 2 heterocycles.